The van der Waals surface area contributed by atoms with Crippen LogP contribution in [-0.2, 0) is 10.1 Å². The van der Waals surface area contributed by atoms with Crippen LogP contribution in [0, 0.1) is 6.92 Å². The molecule has 0 aliphatic heterocycles. The molecule has 0 fully saturated rings. The quantitative estimate of drug-likeness (QED) is 0.155. The lowest BCUT2D eigenvalue weighted by Crippen LogP contribution is -2.12. The van der Waals surface area contributed by atoms with Gasteiger partial charge in [-0.2, -0.15) is 13.5 Å². The number of fused-ring (bicyclic) bond motifs is 1. The minimum absolute atomic E-state index is 0.0143. The van der Waals surface area contributed by atoms with E-state index in [2.05, 4.69) is 15.5 Å². The number of carbonyl (C=O) groups is 1. The lowest BCUT2D eigenvalue weighted by molar-refractivity contribution is 0.102. The predicted octanol–water partition coefficient (Wildman–Crippen LogP) is 7.47. The van der Waals surface area contributed by atoms with Crippen LogP contribution in [0.3, 0.4) is 0 Å². The van der Waals surface area contributed by atoms with Gasteiger partial charge < -0.3 is 15.2 Å². The molecular formula is C26H21Cl2N3O6S. The third-order valence-electron chi connectivity index (χ3n) is 5.53. The Morgan fingerprint density at radius 2 is 1.76 bits per heavy atom. The summed E-state index contributed by atoms with van der Waals surface area (Å²) in [4.78, 5) is 12.7. The van der Waals surface area contributed by atoms with E-state index in [1.807, 2.05) is 6.92 Å². The summed E-state index contributed by atoms with van der Waals surface area (Å²) in [7, 11) is -4.53. The summed E-state index contributed by atoms with van der Waals surface area (Å²) in [5.41, 5.74) is 0.815. The van der Waals surface area contributed by atoms with E-state index in [-0.39, 0.29) is 27.0 Å². The molecule has 4 aromatic carbocycles. The number of amides is 1. The van der Waals surface area contributed by atoms with Gasteiger partial charge >= 0.3 is 0 Å². The van der Waals surface area contributed by atoms with E-state index in [0.717, 1.165) is 6.07 Å². The lowest BCUT2D eigenvalue weighted by atomic mass is 10.0. The van der Waals surface area contributed by atoms with Crippen LogP contribution < -0.4 is 10.1 Å². The number of carbonyl (C=O) groups excluding carboxylic acids is 1. The van der Waals surface area contributed by atoms with Gasteiger partial charge in [0.25, 0.3) is 16.0 Å². The molecule has 38 heavy (non-hydrogen) atoms. The summed E-state index contributed by atoms with van der Waals surface area (Å²) >= 11 is 12.3. The summed E-state index contributed by atoms with van der Waals surface area (Å²) < 4.78 is 37.8. The molecule has 196 valence electrons. The maximum atomic E-state index is 13.2. The number of anilines is 1. The van der Waals surface area contributed by atoms with Crippen LogP contribution in [0.25, 0.3) is 10.8 Å². The Morgan fingerprint density at radius 3 is 2.45 bits per heavy atom. The number of aromatic hydroxyl groups is 1. The summed E-state index contributed by atoms with van der Waals surface area (Å²) in [5, 5.41) is 23.2. The van der Waals surface area contributed by atoms with Crippen LogP contribution in [0.4, 0.5) is 17.1 Å². The number of azo groups is 1. The Labute approximate surface area is 228 Å². The van der Waals surface area contributed by atoms with E-state index in [9.17, 15) is 22.9 Å². The first-order valence-corrected chi connectivity index (χ1v) is 13.4. The van der Waals surface area contributed by atoms with Crippen molar-refractivity contribution in [3.05, 3.63) is 81.8 Å². The van der Waals surface area contributed by atoms with Crippen molar-refractivity contribution in [1.82, 2.24) is 0 Å². The fourth-order valence-electron chi connectivity index (χ4n) is 3.69. The molecule has 0 saturated carbocycles. The minimum atomic E-state index is -4.53. The van der Waals surface area contributed by atoms with Crippen LogP contribution in [0.5, 0.6) is 11.5 Å². The standard InChI is InChI=1S/C26H21Cl2N3O6S/c1-3-37-16-8-9-21(19(27)12-16)29-26(33)18-11-15-6-4-5-7-17(15)24(25(18)32)31-30-22-13-20(28)23(10-14(22)2)38(34,35)36/h4-13,32H,3H2,1-2H3,(H,29,33)(H,34,35,36). The number of phenols is 1. The monoisotopic (exact) mass is 573 g/mol. The molecule has 0 saturated heterocycles. The molecule has 0 aliphatic rings. The van der Waals surface area contributed by atoms with Crippen molar-refractivity contribution >= 4 is 67.1 Å². The van der Waals surface area contributed by atoms with E-state index in [0.29, 0.717) is 34.4 Å². The molecule has 0 atom stereocenters. The number of nitrogens with one attached hydrogen (secondary N) is 1. The Bertz CT molecular complexity index is 1710. The molecule has 4 rings (SSSR count). The van der Waals surface area contributed by atoms with Crippen LogP contribution in [0.15, 0.2) is 75.8 Å². The first-order valence-electron chi connectivity index (χ1n) is 11.2. The highest BCUT2D eigenvalue weighted by Gasteiger charge is 2.20. The van der Waals surface area contributed by atoms with Gasteiger partial charge in [0.15, 0.2) is 5.75 Å². The largest absolute Gasteiger partial charge is 0.505 e. The van der Waals surface area contributed by atoms with Crippen LogP contribution >= 0.6 is 23.2 Å². The number of nitrogens with zero attached hydrogens (tertiary/aromatic N) is 2. The molecule has 12 heteroatoms. The van der Waals surface area contributed by atoms with Gasteiger partial charge in [-0.05, 0) is 55.1 Å². The zero-order chi connectivity index (χ0) is 27.6. The van der Waals surface area contributed by atoms with E-state index in [1.54, 1.807) is 49.4 Å². The number of hydrogen-bond acceptors (Lipinski definition) is 7. The van der Waals surface area contributed by atoms with Crippen molar-refractivity contribution in [2.45, 2.75) is 18.7 Å². The normalized spacial score (nSPS) is 11.7. The molecule has 0 unspecified atom stereocenters. The van der Waals surface area contributed by atoms with E-state index in [1.165, 1.54) is 12.1 Å². The fraction of sp³-hybridized carbons (Fsp3) is 0.115. The van der Waals surface area contributed by atoms with Crippen molar-refractivity contribution in [1.29, 1.82) is 0 Å². The maximum absolute atomic E-state index is 13.2. The van der Waals surface area contributed by atoms with E-state index >= 15 is 0 Å². The number of rotatable bonds is 7. The Hall–Kier alpha value is -3.70. The topological polar surface area (TPSA) is 138 Å². The minimum Gasteiger partial charge on any atom is -0.505 e. The van der Waals surface area contributed by atoms with Crippen molar-refractivity contribution in [3.8, 4) is 11.5 Å². The average molecular weight is 574 g/mol. The van der Waals surface area contributed by atoms with Gasteiger partial charge in [0.2, 0.25) is 0 Å². The number of ether oxygens (including phenoxy) is 1. The third-order valence-corrected chi connectivity index (χ3v) is 7.16. The van der Waals surface area contributed by atoms with Crippen molar-refractivity contribution in [2.24, 2.45) is 10.2 Å². The third kappa shape index (κ3) is 5.73. The van der Waals surface area contributed by atoms with E-state index < -0.39 is 26.7 Å². The second-order valence-electron chi connectivity index (χ2n) is 8.12. The summed E-state index contributed by atoms with van der Waals surface area (Å²) in [6, 6.07) is 15.7. The van der Waals surface area contributed by atoms with Gasteiger partial charge in [-0.15, -0.1) is 5.11 Å². The van der Waals surface area contributed by atoms with Crippen LogP contribution in [0.2, 0.25) is 10.0 Å². The maximum Gasteiger partial charge on any atom is 0.296 e. The second kappa shape index (κ2) is 11.0. The van der Waals surface area contributed by atoms with Gasteiger partial charge in [-0.3, -0.25) is 9.35 Å². The predicted molar refractivity (Wildman–Crippen MR) is 146 cm³/mol. The van der Waals surface area contributed by atoms with Gasteiger partial charge in [-0.1, -0.05) is 47.5 Å². The van der Waals surface area contributed by atoms with Crippen LogP contribution in [-0.4, -0.2) is 30.6 Å². The lowest BCUT2D eigenvalue weighted by Gasteiger charge is -2.13. The summed E-state index contributed by atoms with van der Waals surface area (Å²) in [5.74, 6) is -0.510. The molecule has 0 spiro atoms. The SMILES string of the molecule is CCOc1ccc(NC(=O)c2cc3ccccc3c(N=Nc3cc(Cl)c(S(=O)(=O)O)cc3C)c2O)c(Cl)c1. The Morgan fingerprint density at radius 1 is 1.03 bits per heavy atom. The highest BCUT2D eigenvalue weighted by atomic mass is 35.5. The van der Waals surface area contributed by atoms with Crippen molar-refractivity contribution in [3.63, 3.8) is 0 Å². The van der Waals surface area contributed by atoms with Gasteiger partial charge in [0, 0.05) is 11.5 Å². The zero-order valence-corrected chi connectivity index (χ0v) is 22.4. The molecule has 1 amide bonds. The average Bonchev–Trinajstić information content (AvgIpc) is 2.86. The highest BCUT2D eigenvalue weighted by Crippen LogP contribution is 2.41. The van der Waals surface area contributed by atoms with Crippen LogP contribution in [0.1, 0.15) is 22.8 Å². The van der Waals surface area contributed by atoms with Crippen molar-refractivity contribution < 1.29 is 27.6 Å². The van der Waals surface area contributed by atoms with E-state index in [4.69, 9.17) is 27.9 Å². The summed E-state index contributed by atoms with van der Waals surface area (Å²) in [6.07, 6.45) is 0. The number of phenolic OH excluding ortho intramolecular Hbond substituents is 1. The molecular weight excluding hydrogens is 553 g/mol. The zero-order valence-electron chi connectivity index (χ0n) is 20.1. The molecule has 0 radical (unpaired) electrons. The highest BCUT2D eigenvalue weighted by molar-refractivity contribution is 7.86. The number of aryl methyl sites for hydroxylation is 1. The molecule has 3 N–H and O–H groups in total. The smallest absolute Gasteiger partial charge is 0.296 e. The Balaban J connectivity index is 1.75. The molecule has 0 aromatic heterocycles. The van der Waals surface area contributed by atoms with Gasteiger partial charge in [0.1, 0.15) is 16.3 Å². The number of halogens is 2. The fourth-order valence-corrected chi connectivity index (χ4v) is 4.99. The molecule has 9 nitrogen and oxygen atoms in total. The van der Waals surface area contributed by atoms with Gasteiger partial charge in [0.05, 0.1) is 33.6 Å². The number of hydrogen-bond donors (Lipinski definition) is 3. The number of benzene rings is 4. The second-order valence-corrected chi connectivity index (χ2v) is 10.3. The molecule has 0 heterocycles. The van der Waals surface area contributed by atoms with Crippen molar-refractivity contribution in [2.75, 3.05) is 11.9 Å². The molecule has 4 aromatic rings. The molecule has 0 aliphatic carbocycles. The van der Waals surface area contributed by atoms with Gasteiger partial charge in [-0.25, -0.2) is 0 Å². The molecule has 0 bridgehead atoms. The first-order chi connectivity index (χ1) is 18.0. The Kier molecular flexibility index (Phi) is 7.89. The first kappa shape index (κ1) is 27.3. The summed E-state index contributed by atoms with van der Waals surface area (Å²) in [6.45, 7) is 3.86.